The van der Waals surface area contributed by atoms with E-state index in [9.17, 15) is 4.79 Å². The molecule has 1 aromatic carbocycles. The highest BCUT2D eigenvalue weighted by atomic mass is 35.5. The summed E-state index contributed by atoms with van der Waals surface area (Å²) in [4.78, 5) is 12.3. The molecule has 0 radical (unpaired) electrons. The van der Waals surface area contributed by atoms with Gasteiger partial charge >= 0.3 is 0 Å². The summed E-state index contributed by atoms with van der Waals surface area (Å²) in [7, 11) is 1.77. The minimum absolute atomic E-state index is 0.0111. The molecule has 29 heavy (non-hydrogen) atoms. The number of halogens is 5. The Bertz CT molecular complexity index is 1090. The minimum atomic E-state index is -0.172. The number of aromatic nitrogens is 2. The summed E-state index contributed by atoms with van der Waals surface area (Å²) in [6.07, 6.45) is 4.51. The third-order valence-corrected chi connectivity index (χ3v) is 6.35. The third-order valence-electron chi connectivity index (χ3n) is 4.11. The van der Waals surface area contributed by atoms with Crippen molar-refractivity contribution in [3.05, 3.63) is 72.3 Å². The fourth-order valence-corrected chi connectivity index (χ4v) is 3.63. The molecule has 0 unspecified atom stereocenters. The minimum Gasteiger partial charge on any atom is -0.482 e. The molecule has 0 saturated heterocycles. The molecule has 3 aromatic rings. The summed E-state index contributed by atoms with van der Waals surface area (Å²) in [5, 5.41) is 4.30. The first-order valence-corrected chi connectivity index (χ1v) is 10.0. The molecule has 0 saturated carbocycles. The number of furan rings is 1. The van der Waals surface area contributed by atoms with E-state index in [0.29, 0.717) is 17.1 Å². The van der Waals surface area contributed by atoms with Crippen LogP contribution in [0.15, 0.2) is 28.8 Å². The number of rotatable bonds is 6. The number of allylic oxidation sites excluding steroid dienone is 1. The average molecular weight is 495 g/mol. The second-order valence-corrected chi connectivity index (χ2v) is 7.85. The van der Waals surface area contributed by atoms with E-state index in [4.69, 9.17) is 67.2 Å². The molecule has 0 aliphatic rings. The van der Waals surface area contributed by atoms with E-state index >= 15 is 0 Å². The van der Waals surface area contributed by atoms with Crippen LogP contribution in [-0.4, -0.2) is 15.6 Å². The fraction of sp³-hybridized carbons (Fsp3) is 0.158. The standard InChI is InChI=1S/C19H13Cl5N2O3/c1-9-12(7-25-26(9)2)13(27)6-5-10-3-4-11(29-10)8-28-19-17(23)15(21)14(20)16(22)18(19)24/h3-7H,8H2,1-2H3/b6-5+. The van der Waals surface area contributed by atoms with Crippen LogP contribution in [0.5, 0.6) is 5.75 Å². The van der Waals surface area contributed by atoms with Gasteiger partial charge in [-0.25, -0.2) is 0 Å². The number of ether oxygens (including phenoxy) is 1. The average Bonchev–Trinajstić information content (AvgIpc) is 3.29. The molecular weight excluding hydrogens is 481 g/mol. The van der Waals surface area contributed by atoms with E-state index < -0.39 is 0 Å². The highest BCUT2D eigenvalue weighted by Crippen LogP contribution is 2.48. The number of hydrogen-bond donors (Lipinski definition) is 0. The van der Waals surface area contributed by atoms with E-state index in [-0.39, 0.29) is 43.3 Å². The summed E-state index contributed by atoms with van der Waals surface area (Å²) in [6.45, 7) is 1.83. The zero-order chi connectivity index (χ0) is 21.3. The summed E-state index contributed by atoms with van der Waals surface area (Å²) < 4.78 is 12.9. The van der Waals surface area contributed by atoms with Crippen LogP contribution in [0.3, 0.4) is 0 Å². The molecule has 0 N–H and O–H groups in total. The molecule has 0 atom stereocenters. The quantitative estimate of drug-likeness (QED) is 0.159. The van der Waals surface area contributed by atoms with Crippen molar-refractivity contribution in [3.8, 4) is 5.75 Å². The molecule has 0 fully saturated rings. The Hall–Kier alpha value is -1.63. The molecule has 0 bridgehead atoms. The van der Waals surface area contributed by atoms with Crippen molar-refractivity contribution >= 4 is 69.9 Å². The highest BCUT2D eigenvalue weighted by molar-refractivity contribution is 6.55. The molecular formula is C19H13Cl5N2O3. The summed E-state index contributed by atoms with van der Waals surface area (Å²) in [6, 6.07) is 3.39. The van der Waals surface area contributed by atoms with Gasteiger partial charge in [0.15, 0.2) is 11.5 Å². The van der Waals surface area contributed by atoms with Gasteiger partial charge < -0.3 is 9.15 Å². The van der Waals surface area contributed by atoms with Crippen molar-refractivity contribution in [3.63, 3.8) is 0 Å². The maximum absolute atomic E-state index is 12.3. The van der Waals surface area contributed by atoms with E-state index in [1.165, 1.54) is 12.3 Å². The maximum atomic E-state index is 12.3. The molecule has 152 valence electrons. The Balaban J connectivity index is 1.70. The molecule has 2 aromatic heterocycles. The summed E-state index contributed by atoms with van der Waals surface area (Å²) >= 11 is 30.3. The lowest BCUT2D eigenvalue weighted by molar-refractivity contribution is 0.104. The van der Waals surface area contributed by atoms with Gasteiger partial charge in [-0.05, 0) is 31.2 Å². The second-order valence-electron chi connectivity index (χ2n) is 5.96. The van der Waals surface area contributed by atoms with Crippen molar-refractivity contribution in [1.82, 2.24) is 9.78 Å². The molecule has 3 rings (SSSR count). The number of benzene rings is 1. The SMILES string of the molecule is Cc1c(C(=O)/C=C/c2ccc(COc3c(Cl)c(Cl)c(Cl)c(Cl)c3Cl)o2)cnn1C. The Morgan fingerprint density at radius 3 is 2.31 bits per heavy atom. The number of carbonyl (C=O) groups is 1. The molecule has 0 aliphatic carbocycles. The van der Waals surface area contributed by atoms with Crippen LogP contribution in [0.1, 0.15) is 27.6 Å². The smallest absolute Gasteiger partial charge is 0.189 e. The van der Waals surface area contributed by atoms with Crippen molar-refractivity contribution in [2.24, 2.45) is 7.05 Å². The number of nitrogens with zero attached hydrogens (tertiary/aromatic N) is 2. The predicted octanol–water partition coefficient (Wildman–Crippen LogP) is 7.06. The highest BCUT2D eigenvalue weighted by Gasteiger charge is 2.21. The number of aryl methyl sites for hydroxylation is 1. The molecule has 2 heterocycles. The Morgan fingerprint density at radius 1 is 1.10 bits per heavy atom. The van der Waals surface area contributed by atoms with Gasteiger partial charge in [0, 0.05) is 12.7 Å². The predicted molar refractivity (Wildman–Crippen MR) is 116 cm³/mol. The number of ketones is 1. The normalized spacial score (nSPS) is 11.4. The van der Waals surface area contributed by atoms with Crippen molar-refractivity contribution in [1.29, 1.82) is 0 Å². The molecule has 5 nitrogen and oxygen atoms in total. The molecule has 0 amide bonds. The summed E-state index contributed by atoms with van der Waals surface area (Å²) in [5.74, 6) is 0.879. The first kappa shape index (κ1) is 22.1. The van der Waals surface area contributed by atoms with Crippen LogP contribution in [0, 0.1) is 6.92 Å². The largest absolute Gasteiger partial charge is 0.482 e. The van der Waals surface area contributed by atoms with Gasteiger partial charge in [0.05, 0.1) is 26.8 Å². The van der Waals surface area contributed by atoms with Crippen molar-refractivity contribution < 1.29 is 13.9 Å². The van der Waals surface area contributed by atoms with E-state index in [1.54, 1.807) is 29.9 Å². The monoisotopic (exact) mass is 492 g/mol. The summed E-state index contributed by atoms with van der Waals surface area (Å²) in [5.41, 5.74) is 1.31. The molecule has 10 heteroatoms. The van der Waals surface area contributed by atoms with Crippen LogP contribution in [0.2, 0.25) is 25.1 Å². The van der Waals surface area contributed by atoms with E-state index in [1.807, 2.05) is 6.92 Å². The van der Waals surface area contributed by atoms with Crippen molar-refractivity contribution in [2.45, 2.75) is 13.5 Å². The van der Waals surface area contributed by atoms with E-state index in [0.717, 1.165) is 5.69 Å². The molecule has 0 spiro atoms. The van der Waals surface area contributed by atoms with Gasteiger partial charge in [0.2, 0.25) is 0 Å². The van der Waals surface area contributed by atoms with Crippen LogP contribution < -0.4 is 4.74 Å². The Morgan fingerprint density at radius 2 is 1.72 bits per heavy atom. The van der Waals surface area contributed by atoms with E-state index in [2.05, 4.69) is 5.10 Å². The van der Waals surface area contributed by atoms with Gasteiger partial charge in [0.25, 0.3) is 0 Å². The number of hydrogen-bond acceptors (Lipinski definition) is 4. The second kappa shape index (κ2) is 9.02. The van der Waals surface area contributed by atoms with Gasteiger partial charge in [-0.15, -0.1) is 0 Å². The number of carbonyl (C=O) groups excluding carboxylic acids is 1. The van der Waals surface area contributed by atoms with Gasteiger partial charge in [0.1, 0.15) is 28.2 Å². The molecule has 0 aliphatic heterocycles. The maximum Gasteiger partial charge on any atom is 0.189 e. The fourth-order valence-electron chi connectivity index (χ4n) is 2.40. The van der Waals surface area contributed by atoms with Crippen LogP contribution >= 0.6 is 58.0 Å². The lowest BCUT2D eigenvalue weighted by Crippen LogP contribution is -1.98. The first-order valence-electron chi connectivity index (χ1n) is 8.14. The van der Waals surface area contributed by atoms with Crippen molar-refractivity contribution in [2.75, 3.05) is 0 Å². The van der Waals surface area contributed by atoms with Gasteiger partial charge in [-0.1, -0.05) is 58.0 Å². The lowest BCUT2D eigenvalue weighted by atomic mass is 10.1. The van der Waals surface area contributed by atoms with Crippen LogP contribution in [0.25, 0.3) is 6.08 Å². The zero-order valence-corrected chi connectivity index (χ0v) is 18.9. The van der Waals surface area contributed by atoms with Crippen LogP contribution in [0.4, 0.5) is 0 Å². The van der Waals surface area contributed by atoms with Gasteiger partial charge in [-0.3, -0.25) is 9.48 Å². The van der Waals surface area contributed by atoms with Crippen LogP contribution in [-0.2, 0) is 13.7 Å². The lowest BCUT2D eigenvalue weighted by Gasteiger charge is -2.12. The Kier molecular flexibility index (Phi) is 6.87. The zero-order valence-electron chi connectivity index (χ0n) is 15.1. The Labute approximate surface area is 191 Å². The third kappa shape index (κ3) is 4.60. The van der Waals surface area contributed by atoms with Gasteiger partial charge in [-0.2, -0.15) is 5.10 Å². The topological polar surface area (TPSA) is 57.3 Å². The first-order chi connectivity index (χ1) is 13.7.